The van der Waals surface area contributed by atoms with Crippen LogP contribution < -0.4 is 0 Å². The molecule has 0 aliphatic rings. The number of thioether (sulfide) groups is 1. The van der Waals surface area contributed by atoms with Gasteiger partial charge in [-0.05, 0) is 19.9 Å². The van der Waals surface area contributed by atoms with Crippen LogP contribution >= 0.6 is 11.8 Å². The Morgan fingerprint density at radius 3 is 2.82 bits per heavy atom. The van der Waals surface area contributed by atoms with E-state index in [-0.39, 0.29) is 6.10 Å². The van der Waals surface area contributed by atoms with E-state index in [2.05, 4.69) is 0 Å². The van der Waals surface area contributed by atoms with Crippen LogP contribution in [0.15, 0.2) is 21.6 Å². The number of aryl methyl sites for hydroxylation is 1. The first-order valence-corrected chi connectivity index (χ1v) is 6.57. The summed E-state index contributed by atoms with van der Waals surface area (Å²) < 4.78 is 15.6. The third-order valence-corrected chi connectivity index (χ3v) is 3.50. The highest BCUT2D eigenvalue weighted by atomic mass is 32.2. The molecule has 1 aromatic heterocycles. The molecule has 98 valence electrons. The van der Waals surface area contributed by atoms with Gasteiger partial charge < -0.3 is 19.0 Å². The number of ether oxygens (including phenoxy) is 2. The molecule has 0 radical (unpaired) electrons. The van der Waals surface area contributed by atoms with Gasteiger partial charge in [0.1, 0.15) is 5.76 Å². The Labute approximate surface area is 106 Å². The summed E-state index contributed by atoms with van der Waals surface area (Å²) >= 11 is 1.57. The van der Waals surface area contributed by atoms with Crippen molar-refractivity contribution in [2.45, 2.75) is 31.0 Å². The number of methoxy groups -OCH3 is 1. The smallest absolute Gasteiger partial charge is 0.114 e. The number of aliphatic hydroxyl groups is 1. The maximum Gasteiger partial charge on any atom is 0.114 e. The van der Waals surface area contributed by atoms with Gasteiger partial charge in [0.25, 0.3) is 0 Å². The van der Waals surface area contributed by atoms with Gasteiger partial charge in [-0.2, -0.15) is 0 Å². The molecule has 2 atom stereocenters. The number of rotatable bonds is 8. The number of aliphatic hydroxyl groups excluding tert-OH is 1. The average Bonchev–Trinajstić information content (AvgIpc) is 2.70. The van der Waals surface area contributed by atoms with Gasteiger partial charge in [0.15, 0.2) is 0 Å². The summed E-state index contributed by atoms with van der Waals surface area (Å²) in [5.41, 5.74) is 0. The van der Waals surface area contributed by atoms with Crippen LogP contribution in [0, 0.1) is 6.92 Å². The molecule has 1 N–H and O–H groups in total. The van der Waals surface area contributed by atoms with Crippen molar-refractivity contribution >= 4 is 11.8 Å². The Kier molecular flexibility index (Phi) is 6.65. The van der Waals surface area contributed by atoms with Gasteiger partial charge in [-0.1, -0.05) is 0 Å². The lowest BCUT2D eigenvalue weighted by Gasteiger charge is -2.15. The summed E-state index contributed by atoms with van der Waals surface area (Å²) in [5, 5.41) is 9.74. The van der Waals surface area contributed by atoms with Crippen LogP contribution in [0.5, 0.6) is 0 Å². The quantitative estimate of drug-likeness (QED) is 0.725. The van der Waals surface area contributed by atoms with Crippen LogP contribution in [-0.2, 0) is 9.47 Å². The summed E-state index contributed by atoms with van der Waals surface area (Å²) in [6.45, 7) is 4.70. The Morgan fingerprint density at radius 2 is 2.24 bits per heavy atom. The van der Waals surface area contributed by atoms with Gasteiger partial charge in [0, 0.05) is 17.8 Å². The molecule has 0 aliphatic carbocycles. The van der Waals surface area contributed by atoms with E-state index in [4.69, 9.17) is 13.9 Å². The lowest BCUT2D eigenvalue weighted by Crippen LogP contribution is -2.24. The summed E-state index contributed by atoms with van der Waals surface area (Å²) in [7, 11) is 1.63. The summed E-state index contributed by atoms with van der Waals surface area (Å²) in [5.74, 6) is 1.48. The Bertz CT molecular complexity index is 313. The first kappa shape index (κ1) is 14.6. The molecule has 0 aliphatic heterocycles. The van der Waals surface area contributed by atoms with Gasteiger partial charge in [0.2, 0.25) is 0 Å². The van der Waals surface area contributed by atoms with E-state index >= 15 is 0 Å². The molecular formula is C12H20O4S. The topological polar surface area (TPSA) is 51.8 Å². The van der Waals surface area contributed by atoms with Crippen LogP contribution in [0.3, 0.4) is 0 Å². The van der Waals surface area contributed by atoms with Crippen molar-refractivity contribution in [3.05, 3.63) is 18.1 Å². The lowest BCUT2D eigenvalue weighted by molar-refractivity contribution is -0.0257. The highest BCUT2D eigenvalue weighted by Gasteiger charge is 2.10. The van der Waals surface area contributed by atoms with Crippen molar-refractivity contribution < 1.29 is 19.0 Å². The molecule has 0 bridgehead atoms. The highest BCUT2D eigenvalue weighted by Crippen LogP contribution is 2.23. The van der Waals surface area contributed by atoms with E-state index in [1.54, 1.807) is 25.1 Å². The van der Waals surface area contributed by atoms with E-state index in [1.807, 2.05) is 19.9 Å². The van der Waals surface area contributed by atoms with E-state index in [9.17, 15) is 5.11 Å². The van der Waals surface area contributed by atoms with Gasteiger partial charge in [-0.3, -0.25) is 0 Å². The molecule has 2 unspecified atom stereocenters. The Morgan fingerprint density at radius 1 is 1.47 bits per heavy atom. The molecule has 0 saturated heterocycles. The molecule has 0 spiro atoms. The zero-order valence-corrected chi connectivity index (χ0v) is 11.3. The first-order chi connectivity index (χ1) is 8.13. The molecule has 17 heavy (non-hydrogen) atoms. The third-order valence-electron chi connectivity index (χ3n) is 2.22. The van der Waals surface area contributed by atoms with Crippen molar-refractivity contribution in [1.29, 1.82) is 0 Å². The predicted octanol–water partition coefficient (Wildman–Crippen LogP) is 2.09. The molecule has 0 fully saturated rings. The zero-order valence-electron chi connectivity index (χ0n) is 10.5. The van der Waals surface area contributed by atoms with Gasteiger partial charge in [-0.25, -0.2) is 0 Å². The minimum absolute atomic E-state index is 0.00955. The summed E-state index contributed by atoms with van der Waals surface area (Å²) in [6, 6.07) is 1.90. The summed E-state index contributed by atoms with van der Waals surface area (Å²) in [6.07, 6.45) is 1.19. The molecular weight excluding hydrogens is 240 g/mol. The van der Waals surface area contributed by atoms with Gasteiger partial charge in [0.05, 0.1) is 31.7 Å². The Balaban J connectivity index is 2.17. The largest absolute Gasteiger partial charge is 0.468 e. The van der Waals surface area contributed by atoms with Crippen LogP contribution in [0.25, 0.3) is 0 Å². The SMILES string of the molecule is COCC(C)OCC(O)CSc1ccoc1C. The monoisotopic (exact) mass is 260 g/mol. The van der Waals surface area contributed by atoms with E-state index in [0.717, 1.165) is 10.7 Å². The van der Waals surface area contributed by atoms with Crippen LogP contribution in [0.1, 0.15) is 12.7 Å². The van der Waals surface area contributed by atoms with Crippen molar-refractivity contribution in [2.75, 3.05) is 26.1 Å². The molecule has 1 rings (SSSR count). The fourth-order valence-corrected chi connectivity index (χ4v) is 2.19. The molecule has 0 amide bonds. The van der Waals surface area contributed by atoms with Crippen molar-refractivity contribution in [3.63, 3.8) is 0 Å². The third kappa shape index (κ3) is 5.59. The normalized spacial score (nSPS) is 14.8. The maximum atomic E-state index is 9.74. The van der Waals surface area contributed by atoms with Crippen LogP contribution in [0.2, 0.25) is 0 Å². The molecule has 5 heteroatoms. The second-order valence-electron chi connectivity index (χ2n) is 3.91. The molecule has 0 saturated carbocycles. The van der Waals surface area contributed by atoms with Gasteiger partial charge >= 0.3 is 0 Å². The zero-order chi connectivity index (χ0) is 12.7. The van der Waals surface area contributed by atoms with Crippen LogP contribution in [0.4, 0.5) is 0 Å². The minimum atomic E-state index is -0.478. The van der Waals surface area contributed by atoms with Crippen LogP contribution in [-0.4, -0.2) is 43.4 Å². The van der Waals surface area contributed by atoms with Gasteiger partial charge in [-0.15, -0.1) is 11.8 Å². The highest BCUT2D eigenvalue weighted by molar-refractivity contribution is 7.99. The van der Waals surface area contributed by atoms with E-state index < -0.39 is 6.10 Å². The van der Waals surface area contributed by atoms with E-state index in [1.165, 1.54) is 0 Å². The fourth-order valence-electron chi connectivity index (χ4n) is 1.32. The van der Waals surface area contributed by atoms with Crippen molar-refractivity contribution in [3.8, 4) is 0 Å². The summed E-state index contributed by atoms with van der Waals surface area (Å²) in [4.78, 5) is 1.06. The average molecular weight is 260 g/mol. The second-order valence-corrected chi connectivity index (χ2v) is 4.97. The standard InChI is InChI=1S/C12H20O4S/c1-9(6-14-3)16-7-11(13)8-17-12-4-5-15-10(12)2/h4-5,9,11,13H,6-8H2,1-3H3. The van der Waals surface area contributed by atoms with Crippen molar-refractivity contribution in [1.82, 2.24) is 0 Å². The first-order valence-electron chi connectivity index (χ1n) is 5.59. The molecule has 4 nitrogen and oxygen atoms in total. The van der Waals surface area contributed by atoms with E-state index in [0.29, 0.717) is 19.0 Å². The number of hydrogen-bond acceptors (Lipinski definition) is 5. The second kappa shape index (κ2) is 7.76. The molecule has 1 heterocycles. The Hall–Kier alpha value is -0.490. The lowest BCUT2D eigenvalue weighted by atomic mass is 10.4. The predicted molar refractivity (Wildman–Crippen MR) is 67.5 cm³/mol. The number of hydrogen-bond donors (Lipinski definition) is 1. The fraction of sp³-hybridized carbons (Fsp3) is 0.667. The molecule has 0 aromatic carbocycles. The number of furan rings is 1. The maximum absolute atomic E-state index is 9.74. The molecule has 1 aromatic rings. The van der Waals surface area contributed by atoms with Crippen molar-refractivity contribution in [2.24, 2.45) is 0 Å². The minimum Gasteiger partial charge on any atom is -0.468 e.